The molecule has 4 heteroatoms. The molecule has 1 saturated carbocycles. The van der Waals surface area contributed by atoms with E-state index in [0.29, 0.717) is 4.83 Å². The summed E-state index contributed by atoms with van der Waals surface area (Å²) in [5, 5.41) is 3.09. The van der Waals surface area contributed by atoms with Crippen LogP contribution in [-0.2, 0) is 0 Å². The van der Waals surface area contributed by atoms with Crippen LogP contribution in [0.3, 0.4) is 0 Å². The highest BCUT2D eigenvalue weighted by Gasteiger charge is 2.26. The predicted octanol–water partition coefficient (Wildman–Crippen LogP) is 3.80. The molecule has 1 N–H and O–H groups in total. The van der Waals surface area contributed by atoms with Crippen LogP contribution in [0.2, 0.25) is 0 Å². The molecular formula is C13H15Br2NO. The second-order valence-corrected chi connectivity index (χ2v) is 6.64. The zero-order chi connectivity index (χ0) is 12.4. The smallest absolute Gasteiger partial charge is 0.251 e. The van der Waals surface area contributed by atoms with Crippen LogP contribution < -0.4 is 5.32 Å². The third kappa shape index (κ3) is 3.32. The van der Waals surface area contributed by atoms with Gasteiger partial charge in [-0.15, -0.1) is 0 Å². The highest BCUT2D eigenvalue weighted by Crippen LogP contribution is 2.26. The van der Waals surface area contributed by atoms with Crippen molar-refractivity contribution in [1.29, 1.82) is 0 Å². The normalized spacial score (nSPS) is 23.7. The van der Waals surface area contributed by atoms with E-state index in [-0.39, 0.29) is 11.9 Å². The molecule has 0 aliphatic heterocycles. The van der Waals surface area contributed by atoms with Crippen molar-refractivity contribution in [2.75, 3.05) is 0 Å². The van der Waals surface area contributed by atoms with Crippen molar-refractivity contribution in [2.45, 2.75) is 37.1 Å². The third-order valence-corrected chi connectivity index (χ3v) is 4.61. The quantitative estimate of drug-likeness (QED) is 0.798. The molecule has 1 aliphatic carbocycles. The van der Waals surface area contributed by atoms with Gasteiger partial charge in [0.2, 0.25) is 0 Å². The van der Waals surface area contributed by atoms with Crippen LogP contribution in [0.25, 0.3) is 0 Å². The van der Waals surface area contributed by atoms with E-state index in [4.69, 9.17) is 0 Å². The lowest BCUT2D eigenvalue weighted by Gasteiger charge is -2.16. The molecule has 1 amide bonds. The minimum atomic E-state index is 0.0192. The molecule has 1 aromatic carbocycles. The minimum absolute atomic E-state index is 0.0192. The molecular weight excluding hydrogens is 346 g/mol. The molecule has 2 nitrogen and oxygen atoms in total. The molecule has 0 radical (unpaired) electrons. The number of benzene rings is 1. The highest BCUT2D eigenvalue weighted by atomic mass is 79.9. The SMILES string of the molecule is Cc1cc(Br)cc(C(=O)NC2CCCC2Br)c1. The predicted molar refractivity (Wildman–Crippen MR) is 76.7 cm³/mol. The Morgan fingerprint density at radius 2 is 2.12 bits per heavy atom. The van der Waals surface area contributed by atoms with Crippen LogP contribution in [0.1, 0.15) is 35.2 Å². The first-order valence-electron chi connectivity index (χ1n) is 5.78. The molecule has 1 aliphatic rings. The van der Waals surface area contributed by atoms with E-state index >= 15 is 0 Å². The zero-order valence-corrected chi connectivity index (χ0v) is 12.8. The van der Waals surface area contributed by atoms with E-state index in [1.807, 2.05) is 25.1 Å². The second-order valence-electron chi connectivity index (χ2n) is 4.54. The van der Waals surface area contributed by atoms with Gasteiger partial charge >= 0.3 is 0 Å². The molecule has 2 rings (SSSR count). The van der Waals surface area contributed by atoms with Gasteiger partial charge in [0.25, 0.3) is 5.91 Å². The Kier molecular flexibility index (Phi) is 4.26. The maximum Gasteiger partial charge on any atom is 0.251 e. The molecule has 0 spiro atoms. The Labute approximate surface area is 118 Å². The van der Waals surface area contributed by atoms with Crippen molar-refractivity contribution in [3.8, 4) is 0 Å². The number of carbonyl (C=O) groups is 1. The fourth-order valence-electron chi connectivity index (χ4n) is 2.20. The second kappa shape index (κ2) is 5.53. The molecule has 1 fully saturated rings. The van der Waals surface area contributed by atoms with E-state index in [1.54, 1.807) is 0 Å². The Balaban J connectivity index is 2.09. The lowest BCUT2D eigenvalue weighted by atomic mass is 10.1. The van der Waals surface area contributed by atoms with Gasteiger partial charge < -0.3 is 5.32 Å². The lowest BCUT2D eigenvalue weighted by Crippen LogP contribution is -2.37. The van der Waals surface area contributed by atoms with Crippen molar-refractivity contribution in [2.24, 2.45) is 0 Å². The Hall–Kier alpha value is -0.350. The van der Waals surface area contributed by atoms with Crippen LogP contribution in [-0.4, -0.2) is 16.8 Å². The van der Waals surface area contributed by atoms with E-state index < -0.39 is 0 Å². The summed E-state index contributed by atoms with van der Waals surface area (Å²) in [6.45, 7) is 1.99. The molecule has 0 bridgehead atoms. The van der Waals surface area contributed by atoms with Crippen LogP contribution in [0.5, 0.6) is 0 Å². The van der Waals surface area contributed by atoms with Gasteiger partial charge in [0.1, 0.15) is 0 Å². The summed E-state index contributed by atoms with van der Waals surface area (Å²) in [4.78, 5) is 12.5. The summed E-state index contributed by atoms with van der Waals surface area (Å²) in [5.74, 6) is 0.0192. The first kappa shape index (κ1) is 13.1. The summed E-state index contributed by atoms with van der Waals surface area (Å²) in [5.41, 5.74) is 1.81. The van der Waals surface area contributed by atoms with E-state index in [1.165, 1.54) is 6.42 Å². The van der Waals surface area contributed by atoms with Gasteiger partial charge in [0.05, 0.1) is 0 Å². The van der Waals surface area contributed by atoms with E-state index in [2.05, 4.69) is 37.2 Å². The number of halogens is 2. The number of hydrogen-bond acceptors (Lipinski definition) is 1. The topological polar surface area (TPSA) is 29.1 Å². The van der Waals surface area contributed by atoms with Crippen molar-refractivity contribution in [3.05, 3.63) is 33.8 Å². The largest absolute Gasteiger partial charge is 0.348 e. The number of aryl methyl sites for hydroxylation is 1. The van der Waals surface area contributed by atoms with E-state index in [0.717, 1.165) is 28.4 Å². The number of carbonyl (C=O) groups excluding carboxylic acids is 1. The molecule has 2 atom stereocenters. The van der Waals surface area contributed by atoms with Crippen LogP contribution in [0.15, 0.2) is 22.7 Å². The number of hydrogen-bond donors (Lipinski definition) is 1. The van der Waals surface area contributed by atoms with E-state index in [9.17, 15) is 4.79 Å². The van der Waals surface area contributed by atoms with Gasteiger partial charge in [-0.25, -0.2) is 0 Å². The summed E-state index contributed by atoms with van der Waals surface area (Å²) in [6, 6.07) is 6.04. The van der Waals surface area contributed by atoms with Crippen LogP contribution in [0, 0.1) is 6.92 Å². The average Bonchev–Trinajstić information content (AvgIpc) is 2.63. The van der Waals surface area contributed by atoms with Gasteiger partial charge in [-0.05, 0) is 43.5 Å². The molecule has 0 aromatic heterocycles. The van der Waals surface area contributed by atoms with Gasteiger partial charge in [-0.3, -0.25) is 4.79 Å². The van der Waals surface area contributed by atoms with Crippen molar-refractivity contribution in [1.82, 2.24) is 5.32 Å². The summed E-state index contributed by atoms with van der Waals surface area (Å²) >= 11 is 7.03. The highest BCUT2D eigenvalue weighted by molar-refractivity contribution is 9.10. The molecule has 17 heavy (non-hydrogen) atoms. The van der Waals surface area contributed by atoms with Gasteiger partial charge in [-0.1, -0.05) is 38.3 Å². The first-order valence-corrected chi connectivity index (χ1v) is 7.49. The van der Waals surface area contributed by atoms with Crippen molar-refractivity contribution in [3.63, 3.8) is 0 Å². The summed E-state index contributed by atoms with van der Waals surface area (Å²) in [6.07, 6.45) is 3.38. The molecule has 0 heterocycles. The Bertz CT molecular complexity index is 413. The van der Waals surface area contributed by atoms with Crippen LogP contribution in [0.4, 0.5) is 0 Å². The van der Waals surface area contributed by atoms with Crippen LogP contribution >= 0.6 is 31.9 Å². The summed E-state index contributed by atoms with van der Waals surface area (Å²) < 4.78 is 0.949. The molecule has 92 valence electrons. The average molecular weight is 361 g/mol. The molecule has 2 unspecified atom stereocenters. The Morgan fingerprint density at radius 3 is 2.71 bits per heavy atom. The number of amides is 1. The summed E-state index contributed by atoms with van der Waals surface area (Å²) in [7, 11) is 0. The number of alkyl halides is 1. The monoisotopic (exact) mass is 359 g/mol. The van der Waals surface area contributed by atoms with Crippen molar-refractivity contribution < 1.29 is 4.79 Å². The first-order chi connectivity index (χ1) is 8.06. The molecule has 0 saturated heterocycles. The van der Waals surface area contributed by atoms with Gasteiger partial charge in [-0.2, -0.15) is 0 Å². The van der Waals surface area contributed by atoms with Crippen molar-refractivity contribution >= 4 is 37.8 Å². The standard InChI is InChI=1S/C13H15Br2NO/c1-8-5-9(7-10(14)6-8)13(17)16-12-4-2-3-11(12)15/h5-7,11-12H,2-4H2,1H3,(H,16,17). The third-order valence-electron chi connectivity index (χ3n) is 3.05. The maximum absolute atomic E-state index is 12.1. The lowest BCUT2D eigenvalue weighted by molar-refractivity contribution is 0.0939. The minimum Gasteiger partial charge on any atom is -0.348 e. The fraction of sp³-hybridized carbons (Fsp3) is 0.462. The Morgan fingerprint density at radius 1 is 1.35 bits per heavy atom. The fourth-order valence-corrected chi connectivity index (χ4v) is 3.52. The van der Waals surface area contributed by atoms with Gasteiger partial charge in [0, 0.05) is 20.9 Å². The zero-order valence-electron chi connectivity index (χ0n) is 9.67. The number of nitrogens with one attached hydrogen (secondary N) is 1. The maximum atomic E-state index is 12.1. The molecule has 1 aromatic rings. The van der Waals surface area contributed by atoms with Gasteiger partial charge in [0.15, 0.2) is 0 Å². The number of rotatable bonds is 2.